The number of imide groups is 1. The van der Waals surface area contributed by atoms with E-state index in [2.05, 4.69) is 42.1 Å². The molecule has 0 aliphatic heterocycles. The third kappa shape index (κ3) is 5.09. The summed E-state index contributed by atoms with van der Waals surface area (Å²) in [7, 11) is 3.14. The molecule has 2 amide bonds. The van der Waals surface area contributed by atoms with Crippen molar-refractivity contribution >= 4 is 12.0 Å². The molecular weight excluding hydrogens is 244 g/mol. The summed E-state index contributed by atoms with van der Waals surface area (Å²) in [5, 5.41) is 2.15. The SMILES string of the molecule is COC(=O)NC(=O)C[NH+](C)Cc1ccc(C)cc1C. The summed E-state index contributed by atoms with van der Waals surface area (Å²) in [5.41, 5.74) is 3.64. The fourth-order valence-electron chi connectivity index (χ4n) is 1.91. The number of methoxy groups -OCH3 is 1. The Morgan fingerprint density at radius 1 is 1.32 bits per heavy atom. The molecule has 0 aliphatic rings. The van der Waals surface area contributed by atoms with Gasteiger partial charge in [-0.3, -0.25) is 10.1 Å². The minimum absolute atomic E-state index is 0.225. The van der Waals surface area contributed by atoms with Crippen molar-refractivity contribution in [1.29, 1.82) is 0 Å². The molecule has 0 radical (unpaired) electrons. The summed E-state index contributed by atoms with van der Waals surface area (Å²) in [6.07, 6.45) is -0.718. The summed E-state index contributed by atoms with van der Waals surface area (Å²) < 4.78 is 4.37. The molecule has 0 spiro atoms. The number of hydrogen-bond acceptors (Lipinski definition) is 3. The molecule has 0 aliphatic carbocycles. The van der Waals surface area contributed by atoms with E-state index in [1.165, 1.54) is 23.8 Å². The van der Waals surface area contributed by atoms with E-state index in [-0.39, 0.29) is 12.5 Å². The van der Waals surface area contributed by atoms with Crippen molar-refractivity contribution in [2.24, 2.45) is 0 Å². The molecule has 19 heavy (non-hydrogen) atoms. The van der Waals surface area contributed by atoms with Crippen LogP contribution in [0.3, 0.4) is 0 Å². The Morgan fingerprint density at radius 2 is 2.00 bits per heavy atom. The van der Waals surface area contributed by atoms with Crippen molar-refractivity contribution in [2.75, 3.05) is 20.7 Å². The van der Waals surface area contributed by atoms with Crippen molar-refractivity contribution < 1.29 is 19.2 Å². The zero-order valence-corrected chi connectivity index (χ0v) is 11.9. The second kappa shape index (κ2) is 6.89. The molecule has 0 fully saturated rings. The molecular formula is C14H21N2O3+. The van der Waals surface area contributed by atoms with Gasteiger partial charge in [-0.25, -0.2) is 4.79 Å². The van der Waals surface area contributed by atoms with E-state index >= 15 is 0 Å². The van der Waals surface area contributed by atoms with Crippen molar-refractivity contribution in [1.82, 2.24) is 5.32 Å². The molecule has 0 saturated heterocycles. The number of carbonyl (C=O) groups is 2. The highest BCUT2D eigenvalue weighted by atomic mass is 16.5. The van der Waals surface area contributed by atoms with Crippen LogP contribution in [0.4, 0.5) is 4.79 Å². The van der Waals surface area contributed by atoms with Gasteiger partial charge in [-0.1, -0.05) is 23.8 Å². The Bertz CT molecular complexity index is 472. The summed E-state index contributed by atoms with van der Waals surface area (Å²) in [4.78, 5) is 23.4. The molecule has 0 heterocycles. The molecule has 1 unspecified atom stereocenters. The summed E-state index contributed by atoms with van der Waals surface area (Å²) in [5.74, 6) is -0.339. The minimum atomic E-state index is -0.718. The number of alkyl carbamates (subject to hydrolysis) is 1. The van der Waals surface area contributed by atoms with Gasteiger partial charge in [0, 0.05) is 5.56 Å². The number of ether oxygens (including phenoxy) is 1. The van der Waals surface area contributed by atoms with E-state index in [0.29, 0.717) is 0 Å². The van der Waals surface area contributed by atoms with Gasteiger partial charge in [-0.2, -0.15) is 0 Å². The number of carbonyl (C=O) groups excluding carboxylic acids is 2. The molecule has 2 N–H and O–H groups in total. The highest BCUT2D eigenvalue weighted by Gasteiger charge is 2.14. The maximum absolute atomic E-state index is 11.5. The number of benzene rings is 1. The van der Waals surface area contributed by atoms with Gasteiger partial charge in [-0.05, 0) is 19.4 Å². The van der Waals surface area contributed by atoms with Crippen LogP contribution in [0.1, 0.15) is 16.7 Å². The van der Waals surface area contributed by atoms with Gasteiger partial charge < -0.3 is 9.64 Å². The van der Waals surface area contributed by atoms with Crippen molar-refractivity contribution in [3.63, 3.8) is 0 Å². The zero-order valence-electron chi connectivity index (χ0n) is 11.9. The Balaban J connectivity index is 2.53. The minimum Gasteiger partial charge on any atom is -0.453 e. The smallest absolute Gasteiger partial charge is 0.413 e. The predicted molar refractivity (Wildman–Crippen MR) is 71.9 cm³/mol. The van der Waals surface area contributed by atoms with E-state index in [1.54, 1.807) is 0 Å². The summed E-state index contributed by atoms with van der Waals surface area (Å²) in [6.45, 7) is 5.07. The first-order valence-corrected chi connectivity index (χ1v) is 6.17. The number of hydrogen-bond donors (Lipinski definition) is 2. The van der Waals surface area contributed by atoms with Crippen molar-refractivity contribution in [3.8, 4) is 0 Å². The van der Waals surface area contributed by atoms with Crippen molar-refractivity contribution in [2.45, 2.75) is 20.4 Å². The number of quaternary nitrogens is 1. The van der Waals surface area contributed by atoms with Gasteiger partial charge in [0.25, 0.3) is 5.91 Å². The van der Waals surface area contributed by atoms with E-state index in [0.717, 1.165) is 11.4 Å². The van der Waals surface area contributed by atoms with Crippen LogP contribution >= 0.6 is 0 Å². The molecule has 5 heteroatoms. The number of rotatable bonds is 4. The highest BCUT2D eigenvalue weighted by Crippen LogP contribution is 2.08. The van der Waals surface area contributed by atoms with Gasteiger partial charge in [0.15, 0.2) is 6.54 Å². The predicted octanol–water partition coefficient (Wildman–Crippen LogP) is 0.201. The standard InChI is InChI=1S/C14H20N2O3/c1-10-5-6-12(11(2)7-10)8-16(3)9-13(17)15-14(18)19-4/h5-7H,8-9H2,1-4H3,(H,15,17,18)/p+1. The molecule has 5 nitrogen and oxygen atoms in total. The van der Waals surface area contributed by atoms with E-state index in [4.69, 9.17) is 0 Å². The molecule has 1 rings (SSSR count). The van der Waals surface area contributed by atoms with Crippen LogP contribution in [0.2, 0.25) is 0 Å². The lowest BCUT2D eigenvalue weighted by molar-refractivity contribution is -0.885. The average molecular weight is 265 g/mol. The maximum atomic E-state index is 11.5. The maximum Gasteiger partial charge on any atom is 0.413 e. The fourth-order valence-corrected chi connectivity index (χ4v) is 1.91. The molecule has 0 bridgehead atoms. The van der Waals surface area contributed by atoms with Gasteiger partial charge in [0.1, 0.15) is 6.54 Å². The average Bonchev–Trinajstić information content (AvgIpc) is 2.32. The first-order chi connectivity index (χ1) is 8.92. The first-order valence-electron chi connectivity index (χ1n) is 6.17. The second-order valence-electron chi connectivity index (χ2n) is 4.78. The normalized spacial score (nSPS) is 11.8. The fraction of sp³-hybridized carbons (Fsp3) is 0.429. The molecule has 104 valence electrons. The quantitative estimate of drug-likeness (QED) is 0.817. The Morgan fingerprint density at radius 3 is 2.58 bits per heavy atom. The van der Waals surface area contributed by atoms with Crippen LogP contribution in [0.5, 0.6) is 0 Å². The third-order valence-electron chi connectivity index (χ3n) is 2.88. The van der Waals surface area contributed by atoms with Crippen molar-refractivity contribution in [3.05, 3.63) is 34.9 Å². The van der Waals surface area contributed by atoms with E-state index in [1.807, 2.05) is 7.05 Å². The van der Waals surface area contributed by atoms with Gasteiger partial charge >= 0.3 is 6.09 Å². The van der Waals surface area contributed by atoms with Gasteiger partial charge in [-0.15, -0.1) is 0 Å². The number of amides is 2. The van der Waals surface area contributed by atoms with Crippen LogP contribution in [0, 0.1) is 13.8 Å². The monoisotopic (exact) mass is 265 g/mol. The first kappa shape index (κ1) is 15.2. The third-order valence-corrected chi connectivity index (χ3v) is 2.88. The topological polar surface area (TPSA) is 59.8 Å². The van der Waals surface area contributed by atoms with Crippen LogP contribution in [0.25, 0.3) is 0 Å². The van der Waals surface area contributed by atoms with Crippen LogP contribution < -0.4 is 10.2 Å². The van der Waals surface area contributed by atoms with Crippen LogP contribution in [-0.2, 0) is 16.1 Å². The molecule has 0 aromatic heterocycles. The van der Waals surface area contributed by atoms with Gasteiger partial charge in [0.05, 0.1) is 14.2 Å². The van der Waals surface area contributed by atoms with E-state index < -0.39 is 6.09 Å². The summed E-state index contributed by atoms with van der Waals surface area (Å²) >= 11 is 0. The summed E-state index contributed by atoms with van der Waals surface area (Å²) in [6, 6.07) is 6.26. The lowest BCUT2D eigenvalue weighted by Crippen LogP contribution is -3.09. The largest absolute Gasteiger partial charge is 0.453 e. The van der Waals surface area contributed by atoms with Crippen LogP contribution in [-0.4, -0.2) is 32.7 Å². The second-order valence-corrected chi connectivity index (χ2v) is 4.78. The van der Waals surface area contributed by atoms with Crippen LogP contribution in [0.15, 0.2) is 18.2 Å². The highest BCUT2D eigenvalue weighted by molar-refractivity contribution is 5.92. The lowest BCUT2D eigenvalue weighted by Gasteiger charge is -2.15. The molecule has 1 atom stereocenters. The number of aryl methyl sites for hydroxylation is 2. The Hall–Kier alpha value is -1.88. The molecule has 1 aromatic rings. The number of likely N-dealkylation sites (N-methyl/N-ethyl adjacent to an activating group) is 1. The van der Waals surface area contributed by atoms with Gasteiger partial charge in [0.2, 0.25) is 0 Å². The zero-order chi connectivity index (χ0) is 14.4. The Kier molecular flexibility index (Phi) is 5.51. The molecule has 1 aromatic carbocycles. The molecule has 0 saturated carbocycles. The van der Waals surface area contributed by atoms with E-state index in [9.17, 15) is 9.59 Å². The Labute approximate surface area is 113 Å². The lowest BCUT2D eigenvalue weighted by atomic mass is 10.1. The number of nitrogens with one attached hydrogen (secondary N) is 2.